The quantitative estimate of drug-likeness (QED) is 0.315. The average Bonchev–Trinajstić information content (AvgIpc) is 3.16. The fourth-order valence-corrected chi connectivity index (χ4v) is 4.06. The lowest BCUT2D eigenvalue weighted by Crippen LogP contribution is -2.14. The maximum Gasteiger partial charge on any atom is 0.271 e. The summed E-state index contributed by atoms with van der Waals surface area (Å²) in [6, 6.07) is 11.4. The van der Waals surface area contributed by atoms with E-state index in [1.165, 1.54) is 48.4 Å². The average molecular weight is 436 g/mol. The van der Waals surface area contributed by atoms with Gasteiger partial charge < -0.3 is 10.1 Å². The lowest BCUT2D eigenvalue weighted by atomic mass is 10.2. The summed E-state index contributed by atoms with van der Waals surface area (Å²) >= 11 is 8.61. The van der Waals surface area contributed by atoms with Crippen molar-refractivity contribution in [2.75, 3.05) is 18.2 Å². The van der Waals surface area contributed by atoms with Crippen molar-refractivity contribution in [3.05, 3.63) is 63.0 Å². The second-order valence-corrected chi connectivity index (χ2v) is 8.00. The second kappa shape index (κ2) is 9.05. The Kier molecular flexibility index (Phi) is 6.50. The molecule has 1 aromatic heterocycles. The molecule has 0 unspecified atom stereocenters. The van der Waals surface area contributed by atoms with Crippen molar-refractivity contribution >= 4 is 52.0 Å². The first-order valence-corrected chi connectivity index (χ1v) is 10.2. The number of halogens is 1. The van der Waals surface area contributed by atoms with E-state index >= 15 is 0 Å². The first-order chi connectivity index (χ1) is 13.5. The number of benzene rings is 2. The van der Waals surface area contributed by atoms with Crippen LogP contribution in [0.5, 0.6) is 5.75 Å². The van der Waals surface area contributed by atoms with Gasteiger partial charge in [0.2, 0.25) is 5.91 Å². The van der Waals surface area contributed by atoms with Crippen LogP contribution < -0.4 is 10.1 Å². The smallest absolute Gasteiger partial charge is 0.271 e. The van der Waals surface area contributed by atoms with Gasteiger partial charge in [0.15, 0.2) is 4.34 Å². The molecule has 10 heteroatoms. The van der Waals surface area contributed by atoms with E-state index in [0.717, 1.165) is 15.6 Å². The largest absolute Gasteiger partial charge is 0.495 e. The molecule has 144 valence electrons. The summed E-state index contributed by atoms with van der Waals surface area (Å²) in [5, 5.41) is 16.1. The monoisotopic (exact) mass is 435 g/mol. The van der Waals surface area contributed by atoms with Crippen LogP contribution in [-0.2, 0) is 4.79 Å². The highest BCUT2D eigenvalue weighted by Crippen LogP contribution is 2.31. The summed E-state index contributed by atoms with van der Waals surface area (Å²) in [6.45, 7) is 0. The second-order valence-electron chi connectivity index (χ2n) is 5.48. The van der Waals surface area contributed by atoms with Crippen LogP contribution in [0.15, 0.2) is 52.2 Å². The summed E-state index contributed by atoms with van der Waals surface area (Å²) in [5.41, 5.74) is 1.88. The van der Waals surface area contributed by atoms with Crippen molar-refractivity contribution in [1.82, 2.24) is 4.98 Å². The van der Waals surface area contributed by atoms with Crippen LogP contribution in [0.25, 0.3) is 11.3 Å². The third-order valence-electron chi connectivity index (χ3n) is 3.62. The Morgan fingerprint density at radius 2 is 2.07 bits per heavy atom. The number of nitro groups is 1. The van der Waals surface area contributed by atoms with Crippen molar-refractivity contribution in [3.8, 4) is 17.0 Å². The third kappa shape index (κ3) is 5.00. The van der Waals surface area contributed by atoms with Gasteiger partial charge in [-0.15, -0.1) is 11.3 Å². The Bertz CT molecular complexity index is 1010. The molecule has 2 aromatic carbocycles. The van der Waals surface area contributed by atoms with E-state index in [4.69, 9.17) is 16.3 Å². The molecule has 0 atom stereocenters. The topological polar surface area (TPSA) is 94.4 Å². The van der Waals surface area contributed by atoms with Crippen molar-refractivity contribution in [2.24, 2.45) is 0 Å². The molecule has 0 fully saturated rings. The number of nitrogens with one attached hydrogen (secondary N) is 1. The number of thioether (sulfide) groups is 1. The summed E-state index contributed by atoms with van der Waals surface area (Å²) in [4.78, 5) is 27.1. The van der Waals surface area contributed by atoms with Crippen LogP contribution in [0.3, 0.4) is 0 Å². The number of amides is 1. The molecule has 3 rings (SSSR count). The number of rotatable bonds is 7. The van der Waals surface area contributed by atoms with E-state index in [0.29, 0.717) is 10.8 Å². The van der Waals surface area contributed by atoms with Gasteiger partial charge in [0, 0.05) is 28.1 Å². The Hall–Kier alpha value is -2.62. The molecule has 0 saturated carbocycles. The fourth-order valence-electron chi connectivity index (χ4n) is 2.30. The zero-order chi connectivity index (χ0) is 20.1. The maximum absolute atomic E-state index is 12.3. The molecule has 0 aliphatic carbocycles. The van der Waals surface area contributed by atoms with Crippen molar-refractivity contribution in [1.29, 1.82) is 0 Å². The highest BCUT2D eigenvalue weighted by atomic mass is 35.5. The molecule has 0 radical (unpaired) electrons. The van der Waals surface area contributed by atoms with Gasteiger partial charge in [0.25, 0.3) is 5.69 Å². The predicted molar refractivity (Wildman–Crippen MR) is 112 cm³/mol. The van der Waals surface area contributed by atoms with Crippen molar-refractivity contribution in [3.63, 3.8) is 0 Å². The molecule has 0 spiro atoms. The Morgan fingerprint density at radius 1 is 1.32 bits per heavy atom. The number of carbonyl (C=O) groups excluding carboxylic acids is 1. The van der Waals surface area contributed by atoms with Crippen molar-refractivity contribution in [2.45, 2.75) is 4.34 Å². The zero-order valence-corrected chi connectivity index (χ0v) is 16.9. The number of nitrogens with zero attached hydrogens (tertiary/aromatic N) is 2. The predicted octanol–water partition coefficient (Wildman–Crippen LogP) is 5.11. The molecule has 1 N–H and O–H groups in total. The fraction of sp³-hybridized carbons (Fsp3) is 0.111. The SMILES string of the molecule is COc1ccc([N+](=O)[O-])cc1NC(=O)CSc1nc(-c2ccc(Cl)cc2)cs1. The van der Waals surface area contributed by atoms with Crippen LogP contribution >= 0.6 is 34.7 Å². The van der Waals surface area contributed by atoms with E-state index < -0.39 is 4.92 Å². The molecule has 1 amide bonds. The van der Waals surface area contributed by atoms with Gasteiger partial charge in [0.05, 0.1) is 29.2 Å². The summed E-state index contributed by atoms with van der Waals surface area (Å²) in [6.07, 6.45) is 0. The van der Waals surface area contributed by atoms with Crippen LogP contribution in [0, 0.1) is 10.1 Å². The highest BCUT2D eigenvalue weighted by molar-refractivity contribution is 8.01. The molecule has 28 heavy (non-hydrogen) atoms. The minimum Gasteiger partial charge on any atom is -0.495 e. The number of carbonyl (C=O) groups is 1. The molecular formula is C18H14ClN3O4S2. The van der Waals surface area contributed by atoms with Gasteiger partial charge in [-0.05, 0) is 18.2 Å². The summed E-state index contributed by atoms with van der Waals surface area (Å²) < 4.78 is 5.88. The first kappa shape index (κ1) is 20.1. The summed E-state index contributed by atoms with van der Waals surface area (Å²) in [5.74, 6) is 0.148. The molecule has 0 bridgehead atoms. The number of hydrogen-bond donors (Lipinski definition) is 1. The number of hydrogen-bond acceptors (Lipinski definition) is 7. The van der Waals surface area contributed by atoms with Crippen LogP contribution in [0.2, 0.25) is 5.02 Å². The van der Waals surface area contributed by atoms with Crippen molar-refractivity contribution < 1.29 is 14.5 Å². The minimum absolute atomic E-state index is 0.111. The number of thiazole rings is 1. The summed E-state index contributed by atoms with van der Waals surface area (Å²) in [7, 11) is 1.43. The zero-order valence-electron chi connectivity index (χ0n) is 14.5. The van der Waals surface area contributed by atoms with E-state index in [2.05, 4.69) is 10.3 Å². The molecule has 0 aliphatic heterocycles. The van der Waals surface area contributed by atoms with Gasteiger partial charge >= 0.3 is 0 Å². The lowest BCUT2D eigenvalue weighted by Gasteiger charge is -2.09. The number of ether oxygens (including phenoxy) is 1. The first-order valence-electron chi connectivity index (χ1n) is 7.93. The lowest BCUT2D eigenvalue weighted by molar-refractivity contribution is -0.384. The van der Waals surface area contributed by atoms with Crippen LogP contribution in [0.4, 0.5) is 11.4 Å². The molecule has 1 heterocycles. The van der Waals surface area contributed by atoms with Gasteiger partial charge in [0.1, 0.15) is 5.75 Å². The van der Waals surface area contributed by atoms with E-state index in [1.54, 1.807) is 12.1 Å². The Balaban J connectivity index is 1.63. The molecular weight excluding hydrogens is 422 g/mol. The standard InChI is InChI=1S/C18H14ClN3O4S2/c1-26-16-7-6-13(22(24)25)8-14(16)20-17(23)10-28-18-21-15(9-27-18)11-2-4-12(19)5-3-11/h2-9H,10H2,1H3,(H,20,23). The number of nitro benzene ring substituents is 1. The number of methoxy groups -OCH3 is 1. The maximum atomic E-state index is 12.3. The minimum atomic E-state index is -0.530. The van der Waals surface area contributed by atoms with Gasteiger partial charge in [-0.2, -0.15) is 0 Å². The van der Waals surface area contributed by atoms with E-state index in [9.17, 15) is 14.9 Å². The third-order valence-corrected chi connectivity index (χ3v) is 5.89. The normalized spacial score (nSPS) is 10.5. The van der Waals surface area contributed by atoms with Crippen LogP contribution in [-0.4, -0.2) is 28.7 Å². The number of aromatic nitrogens is 1. The molecule has 0 saturated heterocycles. The van der Waals surface area contributed by atoms with E-state index in [-0.39, 0.29) is 23.0 Å². The van der Waals surface area contributed by atoms with E-state index in [1.807, 2.05) is 17.5 Å². The van der Waals surface area contributed by atoms with Gasteiger partial charge in [-0.1, -0.05) is 35.5 Å². The van der Waals surface area contributed by atoms with Gasteiger partial charge in [-0.3, -0.25) is 14.9 Å². The Labute approximate surface area is 173 Å². The number of anilines is 1. The van der Waals surface area contributed by atoms with Gasteiger partial charge in [-0.25, -0.2) is 4.98 Å². The Morgan fingerprint density at radius 3 is 2.75 bits per heavy atom. The molecule has 0 aliphatic rings. The number of non-ortho nitro benzene ring substituents is 1. The molecule has 3 aromatic rings. The molecule has 7 nitrogen and oxygen atoms in total. The highest BCUT2D eigenvalue weighted by Gasteiger charge is 2.14. The van der Waals surface area contributed by atoms with Crippen LogP contribution in [0.1, 0.15) is 0 Å².